The number of aryl methyl sites for hydroxylation is 3. The topological polar surface area (TPSA) is 42.7 Å². The zero-order chi connectivity index (χ0) is 13.1. The third-order valence-corrected chi connectivity index (χ3v) is 2.94. The van der Waals surface area contributed by atoms with Crippen molar-refractivity contribution in [1.29, 1.82) is 0 Å². The van der Waals surface area contributed by atoms with Crippen molar-refractivity contribution in [3.63, 3.8) is 0 Å². The summed E-state index contributed by atoms with van der Waals surface area (Å²) in [5.74, 6) is 1.73. The van der Waals surface area contributed by atoms with Crippen molar-refractivity contribution in [1.82, 2.24) is 20.1 Å². The first-order chi connectivity index (χ1) is 8.61. The molecule has 0 amide bonds. The molecule has 4 heteroatoms. The Morgan fingerprint density at radius 1 is 1.22 bits per heavy atom. The summed E-state index contributed by atoms with van der Waals surface area (Å²) >= 11 is 0. The van der Waals surface area contributed by atoms with Gasteiger partial charge in [0.25, 0.3) is 0 Å². The molecule has 4 nitrogen and oxygen atoms in total. The summed E-state index contributed by atoms with van der Waals surface area (Å²) in [6, 6.07) is 6.46. The van der Waals surface area contributed by atoms with Gasteiger partial charge in [0.05, 0.1) is 5.69 Å². The normalized spacial score (nSPS) is 10.9. The maximum atomic E-state index is 4.42. The van der Waals surface area contributed by atoms with Gasteiger partial charge in [0, 0.05) is 6.54 Å². The zero-order valence-electron chi connectivity index (χ0n) is 11.5. The molecule has 0 aliphatic rings. The quantitative estimate of drug-likeness (QED) is 0.897. The van der Waals surface area contributed by atoms with E-state index < -0.39 is 0 Å². The van der Waals surface area contributed by atoms with E-state index in [1.807, 2.05) is 18.5 Å². The Morgan fingerprint density at radius 3 is 2.56 bits per heavy atom. The molecule has 1 heterocycles. The van der Waals surface area contributed by atoms with E-state index in [-0.39, 0.29) is 0 Å². The standard InChI is InChI=1S/C14H20N4/c1-5-15-9-13-6-7-14(10(2)8-13)18-12(4)16-11(3)17-18/h6-8,15H,5,9H2,1-4H3. The predicted octanol–water partition coefficient (Wildman–Crippen LogP) is 2.30. The predicted molar refractivity (Wildman–Crippen MR) is 73.0 cm³/mol. The van der Waals surface area contributed by atoms with Gasteiger partial charge in [0.1, 0.15) is 11.6 Å². The van der Waals surface area contributed by atoms with Gasteiger partial charge in [-0.1, -0.05) is 19.1 Å². The SMILES string of the molecule is CCNCc1ccc(-n2nc(C)nc2C)c(C)c1. The fourth-order valence-electron chi connectivity index (χ4n) is 2.08. The Hall–Kier alpha value is -1.68. The molecule has 1 N–H and O–H groups in total. The van der Waals surface area contributed by atoms with Crippen LogP contribution in [0.15, 0.2) is 18.2 Å². The molecule has 0 aliphatic carbocycles. The molecule has 0 radical (unpaired) electrons. The van der Waals surface area contributed by atoms with Crippen LogP contribution >= 0.6 is 0 Å². The van der Waals surface area contributed by atoms with E-state index in [0.717, 1.165) is 30.4 Å². The van der Waals surface area contributed by atoms with Crippen molar-refractivity contribution >= 4 is 0 Å². The lowest BCUT2D eigenvalue weighted by molar-refractivity contribution is 0.725. The maximum Gasteiger partial charge on any atom is 0.148 e. The van der Waals surface area contributed by atoms with Crippen LogP contribution in [-0.2, 0) is 6.54 Å². The molecular weight excluding hydrogens is 224 g/mol. The number of benzene rings is 1. The number of hydrogen-bond donors (Lipinski definition) is 1. The lowest BCUT2D eigenvalue weighted by Crippen LogP contribution is -2.12. The van der Waals surface area contributed by atoms with Gasteiger partial charge in [-0.25, -0.2) is 9.67 Å². The fraction of sp³-hybridized carbons (Fsp3) is 0.429. The molecule has 1 aromatic heterocycles. The molecule has 0 saturated heterocycles. The first-order valence-electron chi connectivity index (χ1n) is 6.32. The Kier molecular flexibility index (Phi) is 3.77. The van der Waals surface area contributed by atoms with Gasteiger partial charge in [0.2, 0.25) is 0 Å². The van der Waals surface area contributed by atoms with Crippen LogP contribution in [0, 0.1) is 20.8 Å². The highest BCUT2D eigenvalue weighted by atomic mass is 15.3. The van der Waals surface area contributed by atoms with E-state index in [1.54, 1.807) is 0 Å². The third kappa shape index (κ3) is 2.59. The first kappa shape index (κ1) is 12.8. The van der Waals surface area contributed by atoms with Crippen LogP contribution in [-0.4, -0.2) is 21.3 Å². The van der Waals surface area contributed by atoms with Gasteiger partial charge in [0.15, 0.2) is 0 Å². The summed E-state index contributed by atoms with van der Waals surface area (Å²) in [5, 5.41) is 7.75. The molecule has 0 unspecified atom stereocenters. The highest BCUT2D eigenvalue weighted by Gasteiger charge is 2.08. The molecule has 18 heavy (non-hydrogen) atoms. The zero-order valence-corrected chi connectivity index (χ0v) is 11.5. The highest BCUT2D eigenvalue weighted by molar-refractivity contribution is 5.42. The smallest absolute Gasteiger partial charge is 0.148 e. The van der Waals surface area contributed by atoms with Crippen LogP contribution < -0.4 is 5.32 Å². The van der Waals surface area contributed by atoms with Gasteiger partial charge in [-0.05, 0) is 44.5 Å². The van der Waals surface area contributed by atoms with Crippen molar-refractivity contribution in [3.05, 3.63) is 41.0 Å². The van der Waals surface area contributed by atoms with Crippen molar-refractivity contribution in [2.45, 2.75) is 34.2 Å². The van der Waals surface area contributed by atoms with Crippen LogP contribution in [0.5, 0.6) is 0 Å². The van der Waals surface area contributed by atoms with Crippen molar-refractivity contribution in [3.8, 4) is 5.69 Å². The van der Waals surface area contributed by atoms with E-state index in [2.05, 4.69) is 47.4 Å². The monoisotopic (exact) mass is 244 g/mol. The van der Waals surface area contributed by atoms with Crippen LogP contribution in [0.1, 0.15) is 29.7 Å². The van der Waals surface area contributed by atoms with Crippen molar-refractivity contribution in [2.75, 3.05) is 6.54 Å². The molecule has 0 aliphatic heterocycles. The second-order valence-corrected chi connectivity index (χ2v) is 4.52. The minimum absolute atomic E-state index is 0.809. The number of rotatable bonds is 4. The van der Waals surface area contributed by atoms with Crippen molar-refractivity contribution in [2.24, 2.45) is 0 Å². The minimum Gasteiger partial charge on any atom is -0.313 e. The Bertz CT molecular complexity index is 543. The second-order valence-electron chi connectivity index (χ2n) is 4.52. The van der Waals surface area contributed by atoms with Gasteiger partial charge in [-0.3, -0.25) is 0 Å². The number of nitrogens with zero attached hydrogens (tertiary/aromatic N) is 3. The van der Waals surface area contributed by atoms with Crippen LogP contribution in [0.3, 0.4) is 0 Å². The van der Waals surface area contributed by atoms with Gasteiger partial charge < -0.3 is 5.32 Å². The molecule has 0 saturated carbocycles. The summed E-state index contributed by atoms with van der Waals surface area (Å²) < 4.78 is 1.90. The lowest BCUT2D eigenvalue weighted by Gasteiger charge is -2.09. The third-order valence-electron chi connectivity index (χ3n) is 2.94. The highest BCUT2D eigenvalue weighted by Crippen LogP contribution is 2.16. The van der Waals surface area contributed by atoms with Crippen LogP contribution in [0.4, 0.5) is 0 Å². The molecule has 2 rings (SSSR count). The van der Waals surface area contributed by atoms with E-state index in [1.165, 1.54) is 11.1 Å². The van der Waals surface area contributed by atoms with Gasteiger partial charge in [-0.15, -0.1) is 0 Å². The molecule has 1 aromatic carbocycles. The summed E-state index contributed by atoms with van der Waals surface area (Å²) in [6.45, 7) is 10.0. The Balaban J connectivity index is 2.32. The lowest BCUT2D eigenvalue weighted by atomic mass is 10.1. The molecule has 0 spiro atoms. The average Bonchev–Trinajstić information content (AvgIpc) is 2.66. The average molecular weight is 244 g/mol. The largest absolute Gasteiger partial charge is 0.313 e. The summed E-state index contributed by atoms with van der Waals surface area (Å²) in [7, 11) is 0. The van der Waals surface area contributed by atoms with Crippen molar-refractivity contribution < 1.29 is 0 Å². The number of nitrogens with one attached hydrogen (secondary N) is 1. The van der Waals surface area contributed by atoms with E-state index in [0.29, 0.717) is 0 Å². The van der Waals surface area contributed by atoms with E-state index in [9.17, 15) is 0 Å². The molecule has 0 atom stereocenters. The summed E-state index contributed by atoms with van der Waals surface area (Å²) in [5.41, 5.74) is 3.62. The van der Waals surface area contributed by atoms with E-state index in [4.69, 9.17) is 0 Å². The van der Waals surface area contributed by atoms with Crippen LogP contribution in [0.25, 0.3) is 5.69 Å². The minimum atomic E-state index is 0.809. The van der Waals surface area contributed by atoms with Gasteiger partial charge in [-0.2, -0.15) is 5.10 Å². The number of hydrogen-bond acceptors (Lipinski definition) is 3. The first-order valence-corrected chi connectivity index (χ1v) is 6.32. The fourth-order valence-corrected chi connectivity index (χ4v) is 2.08. The maximum absolute atomic E-state index is 4.42. The van der Waals surface area contributed by atoms with Crippen LogP contribution in [0.2, 0.25) is 0 Å². The van der Waals surface area contributed by atoms with E-state index >= 15 is 0 Å². The molecular formula is C14H20N4. The summed E-state index contributed by atoms with van der Waals surface area (Å²) in [4.78, 5) is 4.34. The Morgan fingerprint density at radius 2 is 2.00 bits per heavy atom. The molecule has 2 aromatic rings. The summed E-state index contributed by atoms with van der Waals surface area (Å²) in [6.07, 6.45) is 0. The number of aromatic nitrogens is 3. The Labute approximate surface area is 108 Å². The molecule has 96 valence electrons. The van der Waals surface area contributed by atoms with Gasteiger partial charge >= 0.3 is 0 Å². The molecule has 0 bridgehead atoms. The molecule has 0 fully saturated rings. The second kappa shape index (κ2) is 5.31.